The Morgan fingerprint density at radius 2 is 1.88 bits per heavy atom. The third kappa shape index (κ3) is 3.53. The highest BCUT2D eigenvalue weighted by Crippen LogP contribution is 2.13. The number of hydrogen-bond donors (Lipinski definition) is 1. The van der Waals surface area contributed by atoms with E-state index in [-0.39, 0.29) is 17.9 Å². The summed E-state index contributed by atoms with van der Waals surface area (Å²) in [6.07, 6.45) is 0. The molecule has 0 spiro atoms. The molecule has 1 N–H and O–H groups in total. The second-order valence-corrected chi connectivity index (χ2v) is 4.50. The maximum atomic E-state index is 11.6. The SMILES string of the molecule is Cc1ccc(C(C)NC(=O)C(C)CCl)cc1. The zero-order valence-electron chi connectivity index (χ0n) is 9.96. The molecule has 0 aliphatic carbocycles. The van der Waals surface area contributed by atoms with E-state index in [1.807, 2.05) is 45.0 Å². The average Bonchev–Trinajstić information content (AvgIpc) is 2.28. The molecule has 88 valence electrons. The molecule has 1 rings (SSSR count). The van der Waals surface area contributed by atoms with Gasteiger partial charge < -0.3 is 5.32 Å². The number of rotatable bonds is 4. The molecule has 0 saturated carbocycles. The first-order chi connectivity index (χ1) is 7.54. The fourth-order valence-electron chi connectivity index (χ4n) is 1.36. The Morgan fingerprint density at radius 1 is 1.31 bits per heavy atom. The first-order valence-corrected chi connectivity index (χ1v) is 6.01. The van der Waals surface area contributed by atoms with Crippen LogP contribution in [-0.2, 0) is 4.79 Å². The summed E-state index contributed by atoms with van der Waals surface area (Å²) in [5.74, 6) is 0.213. The molecule has 1 aromatic carbocycles. The molecular formula is C13H18ClNO. The van der Waals surface area contributed by atoms with Crippen molar-refractivity contribution in [3.05, 3.63) is 35.4 Å². The summed E-state index contributed by atoms with van der Waals surface area (Å²) in [6, 6.07) is 8.18. The fraction of sp³-hybridized carbons (Fsp3) is 0.462. The normalized spacial score (nSPS) is 14.2. The largest absolute Gasteiger partial charge is 0.349 e. The van der Waals surface area contributed by atoms with Gasteiger partial charge in [-0.25, -0.2) is 0 Å². The van der Waals surface area contributed by atoms with Crippen LogP contribution in [0.2, 0.25) is 0 Å². The van der Waals surface area contributed by atoms with Gasteiger partial charge in [-0.1, -0.05) is 36.8 Å². The lowest BCUT2D eigenvalue weighted by atomic mass is 10.1. The van der Waals surface area contributed by atoms with Crippen molar-refractivity contribution in [1.82, 2.24) is 5.32 Å². The number of aryl methyl sites for hydroxylation is 1. The summed E-state index contributed by atoms with van der Waals surface area (Å²) >= 11 is 5.64. The summed E-state index contributed by atoms with van der Waals surface area (Å²) < 4.78 is 0. The van der Waals surface area contributed by atoms with E-state index in [4.69, 9.17) is 11.6 Å². The van der Waals surface area contributed by atoms with Gasteiger partial charge in [0.05, 0.1) is 6.04 Å². The van der Waals surface area contributed by atoms with E-state index < -0.39 is 0 Å². The van der Waals surface area contributed by atoms with Gasteiger partial charge in [-0.05, 0) is 19.4 Å². The van der Waals surface area contributed by atoms with E-state index >= 15 is 0 Å². The van der Waals surface area contributed by atoms with Crippen molar-refractivity contribution in [3.8, 4) is 0 Å². The number of alkyl halides is 1. The van der Waals surface area contributed by atoms with E-state index in [0.29, 0.717) is 5.88 Å². The molecule has 3 heteroatoms. The van der Waals surface area contributed by atoms with Crippen molar-refractivity contribution in [2.24, 2.45) is 5.92 Å². The Hall–Kier alpha value is -1.02. The summed E-state index contributed by atoms with van der Waals surface area (Å²) in [6.45, 7) is 5.84. The first-order valence-electron chi connectivity index (χ1n) is 5.47. The molecule has 2 atom stereocenters. The summed E-state index contributed by atoms with van der Waals surface area (Å²) in [7, 11) is 0. The minimum Gasteiger partial charge on any atom is -0.349 e. The van der Waals surface area contributed by atoms with Crippen molar-refractivity contribution in [2.45, 2.75) is 26.8 Å². The van der Waals surface area contributed by atoms with Crippen LogP contribution in [0.25, 0.3) is 0 Å². The molecular weight excluding hydrogens is 222 g/mol. The number of carbonyl (C=O) groups is 1. The zero-order chi connectivity index (χ0) is 12.1. The van der Waals surface area contributed by atoms with E-state index in [1.165, 1.54) is 5.56 Å². The molecule has 0 bridgehead atoms. The number of carbonyl (C=O) groups excluding carboxylic acids is 1. The molecule has 16 heavy (non-hydrogen) atoms. The molecule has 0 radical (unpaired) electrons. The predicted octanol–water partition coefficient (Wildman–Crippen LogP) is 3.05. The van der Waals surface area contributed by atoms with E-state index in [0.717, 1.165) is 5.56 Å². The molecule has 0 heterocycles. The standard InChI is InChI=1S/C13H18ClNO/c1-9-4-6-12(7-5-9)11(3)15-13(16)10(2)8-14/h4-7,10-11H,8H2,1-3H3,(H,15,16). The van der Waals surface area contributed by atoms with Gasteiger partial charge in [-0.3, -0.25) is 4.79 Å². The maximum absolute atomic E-state index is 11.6. The van der Waals surface area contributed by atoms with Crippen LogP contribution in [0.15, 0.2) is 24.3 Å². The van der Waals surface area contributed by atoms with Gasteiger partial charge in [0.2, 0.25) is 5.91 Å². The Kier molecular flexibility index (Phi) is 4.81. The zero-order valence-corrected chi connectivity index (χ0v) is 10.7. The Morgan fingerprint density at radius 3 is 2.38 bits per heavy atom. The van der Waals surface area contributed by atoms with Gasteiger partial charge >= 0.3 is 0 Å². The van der Waals surface area contributed by atoms with E-state index in [2.05, 4.69) is 5.32 Å². The van der Waals surface area contributed by atoms with Crippen molar-refractivity contribution in [2.75, 3.05) is 5.88 Å². The van der Waals surface area contributed by atoms with Gasteiger partial charge in [0.15, 0.2) is 0 Å². The van der Waals surface area contributed by atoms with Gasteiger partial charge in [0, 0.05) is 11.8 Å². The highest BCUT2D eigenvalue weighted by atomic mass is 35.5. The molecule has 1 amide bonds. The van der Waals surface area contributed by atoms with Crippen molar-refractivity contribution in [1.29, 1.82) is 0 Å². The maximum Gasteiger partial charge on any atom is 0.224 e. The van der Waals surface area contributed by atoms with E-state index in [1.54, 1.807) is 0 Å². The molecule has 2 unspecified atom stereocenters. The Labute approximate surface area is 102 Å². The number of halogens is 1. The highest BCUT2D eigenvalue weighted by Gasteiger charge is 2.14. The molecule has 1 aromatic rings. The molecule has 2 nitrogen and oxygen atoms in total. The predicted molar refractivity (Wildman–Crippen MR) is 67.6 cm³/mol. The third-order valence-corrected chi connectivity index (χ3v) is 3.08. The molecule has 0 aliphatic rings. The minimum atomic E-state index is -0.144. The summed E-state index contributed by atoms with van der Waals surface area (Å²) in [5.41, 5.74) is 2.33. The number of benzene rings is 1. The second-order valence-electron chi connectivity index (χ2n) is 4.20. The van der Waals surface area contributed by atoms with Crippen molar-refractivity contribution in [3.63, 3.8) is 0 Å². The third-order valence-electron chi connectivity index (χ3n) is 2.62. The Balaban J connectivity index is 2.62. The molecule has 0 saturated heterocycles. The highest BCUT2D eigenvalue weighted by molar-refractivity contribution is 6.19. The van der Waals surface area contributed by atoms with Crippen LogP contribution in [0.4, 0.5) is 0 Å². The average molecular weight is 240 g/mol. The number of amides is 1. The van der Waals surface area contributed by atoms with Crippen LogP contribution in [0.1, 0.15) is 31.0 Å². The minimum absolute atomic E-state index is 0.00285. The van der Waals surface area contributed by atoms with Gasteiger partial charge in [-0.15, -0.1) is 11.6 Å². The first kappa shape index (κ1) is 13.0. The summed E-state index contributed by atoms with van der Waals surface area (Å²) in [5, 5.41) is 2.94. The second kappa shape index (κ2) is 5.90. The van der Waals surface area contributed by atoms with Crippen LogP contribution >= 0.6 is 11.6 Å². The monoisotopic (exact) mass is 239 g/mol. The number of nitrogens with one attached hydrogen (secondary N) is 1. The quantitative estimate of drug-likeness (QED) is 0.804. The van der Waals surface area contributed by atoms with Crippen LogP contribution < -0.4 is 5.32 Å². The van der Waals surface area contributed by atoms with Gasteiger partial charge in [-0.2, -0.15) is 0 Å². The van der Waals surface area contributed by atoms with Gasteiger partial charge in [0.1, 0.15) is 0 Å². The number of hydrogen-bond acceptors (Lipinski definition) is 1. The van der Waals surface area contributed by atoms with Crippen LogP contribution in [0.5, 0.6) is 0 Å². The van der Waals surface area contributed by atoms with Crippen molar-refractivity contribution >= 4 is 17.5 Å². The van der Waals surface area contributed by atoms with Crippen LogP contribution in [-0.4, -0.2) is 11.8 Å². The van der Waals surface area contributed by atoms with E-state index in [9.17, 15) is 4.79 Å². The smallest absolute Gasteiger partial charge is 0.224 e. The van der Waals surface area contributed by atoms with Crippen molar-refractivity contribution < 1.29 is 4.79 Å². The van der Waals surface area contributed by atoms with Crippen LogP contribution in [0.3, 0.4) is 0 Å². The van der Waals surface area contributed by atoms with Gasteiger partial charge in [0.25, 0.3) is 0 Å². The lowest BCUT2D eigenvalue weighted by molar-refractivity contribution is -0.124. The van der Waals surface area contributed by atoms with Crippen LogP contribution in [0, 0.1) is 12.8 Å². The fourth-order valence-corrected chi connectivity index (χ4v) is 1.50. The molecule has 0 aliphatic heterocycles. The molecule has 0 aromatic heterocycles. The summed E-state index contributed by atoms with van der Waals surface area (Å²) in [4.78, 5) is 11.6. The Bertz CT molecular complexity index is 347. The lowest BCUT2D eigenvalue weighted by Gasteiger charge is -2.16. The molecule has 0 fully saturated rings. The lowest BCUT2D eigenvalue weighted by Crippen LogP contribution is -2.32. The topological polar surface area (TPSA) is 29.1 Å².